The molecule has 0 amide bonds. The van der Waals surface area contributed by atoms with E-state index in [0.29, 0.717) is 5.71 Å². The van der Waals surface area contributed by atoms with Gasteiger partial charge in [-0.3, -0.25) is 10.1 Å². The molecule has 0 saturated heterocycles. The number of hydrogen-bond donors (Lipinski definition) is 0. The van der Waals surface area contributed by atoms with Crippen LogP contribution in [-0.2, 0) is 4.84 Å². The molecule has 0 aliphatic heterocycles. The number of rotatable bonds is 3. The van der Waals surface area contributed by atoms with Gasteiger partial charge in [-0.05, 0) is 19.1 Å². The lowest BCUT2D eigenvalue weighted by atomic mass is 9.91. The van der Waals surface area contributed by atoms with Crippen molar-refractivity contribution < 1.29 is 14.6 Å². The summed E-state index contributed by atoms with van der Waals surface area (Å²) in [4.78, 5) is 26.4. The Kier molecular flexibility index (Phi) is 4.37. The van der Waals surface area contributed by atoms with Crippen molar-refractivity contribution in [1.29, 1.82) is 0 Å². The normalized spacial score (nSPS) is 12.1. The van der Waals surface area contributed by atoms with E-state index in [2.05, 4.69) is 5.16 Å². The second kappa shape index (κ2) is 5.60. The maximum atomic E-state index is 11.7. The Morgan fingerprint density at radius 3 is 2.21 bits per heavy atom. The zero-order valence-electron chi connectivity index (χ0n) is 11.3. The third kappa shape index (κ3) is 4.17. The summed E-state index contributed by atoms with van der Waals surface area (Å²) in [5, 5.41) is 14.2. The molecule has 0 bridgehead atoms. The second-order valence-electron chi connectivity index (χ2n) is 5.11. The Balaban J connectivity index is 2.77. The van der Waals surface area contributed by atoms with Crippen molar-refractivity contribution in [2.24, 2.45) is 10.6 Å². The summed E-state index contributed by atoms with van der Waals surface area (Å²) in [5.41, 5.74) is 0.639. The minimum atomic E-state index is -0.640. The fourth-order valence-electron chi connectivity index (χ4n) is 1.02. The van der Waals surface area contributed by atoms with E-state index in [-0.39, 0.29) is 16.7 Å². The topological polar surface area (TPSA) is 81.8 Å². The van der Waals surface area contributed by atoms with Gasteiger partial charge in [0.1, 0.15) is 0 Å². The number of nitro groups is 1. The van der Waals surface area contributed by atoms with Gasteiger partial charge in [0.25, 0.3) is 5.69 Å². The fraction of sp³-hybridized carbons (Fsp3) is 0.385. The minimum absolute atomic E-state index is 0.0778. The molecule has 0 radical (unpaired) electrons. The van der Waals surface area contributed by atoms with Crippen LogP contribution in [0.4, 0.5) is 5.69 Å². The molecular weight excluding hydrogens is 248 g/mol. The first-order valence-electron chi connectivity index (χ1n) is 5.72. The summed E-state index contributed by atoms with van der Waals surface area (Å²) in [6.07, 6.45) is 0. The van der Waals surface area contributed by atoms with Crippen molar-refractivity contribution in [3.05, 3.63) is 39.9 Å². The molecule has 0 aliphatic carbocycles. The van der Waals surface area contributed by atoms with E-state index in [9.17, 15) is 14.9 Å². The molecule has 102 valence electrons. The lowest BCUT2D eigenvalue weighted by Crippen LogP contribution is -2.17. The summed E-state index contributed by atoms with van der Waals surface area (Å²) in [6.45, 7) is 7.62. The van der Waals surface area contributed by atoms with Crippen LogP contribution < -0.4 is 0 Å². The van der Waals surface area contributed by atoms with Crippen LogP contribution in [0.3, 0.4) is 0 Å². The number of non-ortho nitro benzene ring substituents is 1. The first-order valence-corrected chi connectivity index (χ1v) is 5.72. The van der Waals surface area contributed by atoms with E-state index >= 15 is 0 Å². The zero-order valence-corrected chi connectivity index (χ0v) is 11.3. The summed E-state index contributed by atoms with van der Waals surface area (Å²) in [6, 6.07) is 5.17. The van der Waals surface area contributed by atoms with Gasteiger partial charge in [0, 0.05) is 17.5 Å². The Morgan fingerprint density at radius 1 is 1.26 bits per heavy atom. The molecular formula is C13H16N2O4. The van der Waals surface area contributed by atoms with Gasteiger partial charge in [-0.15, -0.1) is 0 Å². The molecule has 0 saturated carbocycles. The molecule has 0 atom stereocenters. The molecule has 0 aliphatic rings. The largest absolute Gasteiger partial charge is 0.365 e. The highest BCUT2D eigenvalue weighted by Crippen LogP contribution is 2.16. The predicted molar refractivity (Wildman–Crippen MR) is 71.1 cm³/mol. The SMILES string of the molecule is C/C(=N\OC(=O)c1ccc([N+](=O)[O-])cc1)C(C)(C)C. The monoisotopic (exact) mass is 264 g/mol. The van der Waals surface area contributed by atoms with E-state index in [4.69, 9.17) is 4.84 Å². The van der Waals surface area contributed by atoms with Gasteiger partial charge in [0.05, 0.1) is 16.2 Å². The van der Waals surface area contributed by atoms with Crippen molar-refractivity contribution >= 4 is 17.4 Å². The third-order valence-electron chi connectivity index (χ3n) is 2.66. The molecule has 0 heterocycles. The summed E-state index contributed by atoms with van der Waals surface area (Å²) in [5.74, 6) is -0.640. The van der Waals surface area contributed by atoms with Gasteiger partial charge >= 0.3 is 5.97 Å². The predicted octanol–water partition coefficient (Wildman–Crippen LogP) is 3.17. The van der Waals surface area contributed by atoms with E-state index in [1.165, 1.54) is 24.3 Å². The first-order chi connectivity index (χ1) is 8.71. The van der Waals surface area contributed by atoms with Crippen molar-refractivity contribution in [3.63, 3.8) is 0 Å². The molecule has 6 heteroatoms. The molecule has 1 aromatic carbocycles. The number of benzene rings is 1. The van der Waals surface area contributed by atoms with Gasteiger partial charge in [-0.1, -0.05) is 25.9 Å². The smallest absolute Gasteiger partial charge is 0.313 e. The maximum absolute atomic E-state index is 11.7. The lowest BCUT2D eigenvalue weighted by Gasteiger charge is -2.16. The average Bonchev–Trinajstić information content (AvgIpc) is 2.34. The van der Waals surface area contributed by atoms with Crippen LogP contribution in [-0.4, -0.2) is 16.6 Å². The maximum Gasteiger partial charge on any atom is 0.365 e. The molecule has 1 aromatic rings. The van der Waals surface area contributed by atoms with Crippen LogP contribution in [0.5, 0.6) is 0 Å². The van der Waals surface area contributed by atoms with E-state index < -0.39 is 10.9 Å². The Labute approximate surface area is 111 Å². The third-order valence-corrected chi connectivity index (χ3v) is 2.66. The van der Waals surface area contributed by atoms with Crippen LogP contribution in [0.15, 0.2) is 29.4 Å². The number of nitro benzene ring substituents is 1. The molecule has 1 rings (SSSR count). The van der Waals surface area contributed by atoms with Crippen LogP contribution in [0.2, 0.25) is 0 Å². The number of nitrogens with zero attached hydrogens (tertiary/aromatic N) is 2. The fourth-order valence-corrected chi connectivity index (χ4v) is 1.02. The van der Waals surface area contributed by atoms with Crippen LogP contribution in [0.1, 0.15) is 38.1 Å². The zero-order chi connectivity index (χ0) is 14.6. The molecule has 0 aromatic heterocycles. The Hall–Kier alpha value is -2.24. The highest BCUT2D eigenvalue weighted by atomic mass is 16.7. The molecule has 0 N–H and O–H groups in total. The number of carbonyl (C=O) groups is 1. The van der Waals surface area contributed by atoms with Gasteiger partial charge in [0.15, 0.2) is 0 Å². The van der Waals surface area contributed by atoms with Gasteiger partial charge in [-0.25, -0.2) is 4.79 Å². The average molecular weight is 264 g/mol. The molecule has 19 heavy (non-hydrogen) atoms. The van der Waals surface area contributed by atoms with E-state index in [0.717, 1.165) is 0 Å². The van der Waals surface area contributed by atoms with Crippen LogP contribution in [0.25, 0.3) is 0 Å². The highest BCUT2D eigenvalue weighted by Gasteiger charge is 2.16. The van der Waals surface area contributed by atoms with Gasteiger partial charge < -0.3 is 4.84 Å². The van der Waals surface area contributed by atoms with Crippen molar-refractivity contribution in [2.45, 2.75) is 27.7 Å². The van der Waals surface area contributed by atoms with Crippen LogP contribution >= 0.6 is 0 Å². The van der Waals surface area contributed by atoms with E-state index in [1.54, 1.807) is 6.92 Å². The standard InChI is InChI=1S/C13H16N2O4/c1-9(13(2,3)4)14-19-12(16)10-5-7-11(8-6-10)15(17)18/h5-8H,1-4H3/b14-9+. The number of oxime groups is 1. The summed E-state index contributed by atoms with van der Waals surface area (Å²) in [7, 11) is 0. The summed E-state index contributed by atoms with van der Waals surface area (Å²) < 4.78 is 0. The first kappa shape index (κ1) is 14.8. The number of hydrogen-bond acceptors (Lipinski definition) is 5. The van der Waals surface area contributed by atoms with Crippen molar-refractivity contribution in [3.8, 4) is 0 Å². The number of carbonyl (C=O) groups excluding carboxylic acids is 1. The Bertz CT molecular complexity index is 512. The van der Waals surface area contributed by atoms with Gasteiger partial charge in [-0.2, -0.15) is 0 Å². The summed E-state index contributed by atoms with van der Waals surface area (Å²) >= 11 is 0. The lowest BCUT2D eigenvalue weighted by molar-refractivity contribution is -0.384. The van der Waals surface area contributed by atoms with Gasteiger partial charge in [0.2, 0.25) is 0 Å². The molecule has 0 spiro atoms. The van der Waals surface area contributed by atoms with Crippen molar-refractivity contribution in [2.75, 3.05) is 0 Å². The molecule has 0 unspecified atom stereocenters. The van der Waals surface area contributed by atoms with E-state index in [1.807, 2.05) is 20.8 Å². The Morgan fingerprint density at radius 2 is 1.79 bits per heavy atom. The quantitative estimate of drug-likeness (QED) is 0.363. The minimum Gasteiger partial charge on any atom is -0.313 e. The molecule has 6 nitrogen and oxygen atoms in total. The van der Waals surface area contributed by atoms with Crippen molar-refractivity contribution in [1.82, 2.24) is 0 Å². The second-order valence-corrected chi connectivity index (χ2v) is 5.11. The highest BCUT2D eigenvalue weighted by molar-refractivity contribution is 5.91. The van der Waals surface area contributed by atoms with Crippen LogP contribution in [0, 0.1) is 15.5 Å². The molecule has 0 fully saturated rings.